The monoisotopic (exact) mass is 275 g/mol. The Hall–Kier alpha value is -1.44. The summed E-state index contributed by atoms with van der Waals surface area (Å²) < 4.78 is 9.91. The number of esters is 2. The van der Waals surface area contributed by atoms with E-state index in [0.29, 0.717) is 0 Å². The van der Waals surface area contributed by atoms with Gasteiger partial charge in [-0.25, -0.2) is 0 Å². The smallest absolute Gasteiger partial charge is 0.303 e. The molecule has 0 amide bonds. The Bertz CT molecular complexity index is 384. The highest BCUT2D eigenvalue weighted by molar-refractivity contribution is 7.99. The molecule has 18 heavy (non-hydrogen) atoms. The molecule has 1 rings (SSSR count). The Kier molecular flexibility index (Phi) is 5.26. The van der Waals surface area contributed by atoms with Gasteiger partial charge in [-0.3, -0.25) is 9.59 Å². The number of aliphatic hydroxyl groups is 1. The molecule has 1 fully saturated rings. The van der Waals surface area contributed by atoms with Crippen molar-refractivity contribution in [2.75, 3.05) is 5.75 Å². The minimum atomic E-state index is -1.04. The van der Waals surface area contributed by atoms with Gasteiger partial charge in [0, 0.05) is 24.5 Å². The standard InChI is InChI=1S/C9H13N3O5S/c1-4(13)16-7-6(11-12-10)3-18-9(15)8(7)17-5(2)14/h6-9,15H,3H2,1-2H3/t6-,7+,8-,9?/m1/s1. The van der Waals surface area contributed by atoms with Crippen LogP contribution in [-0.2, 0) is 19.1 Å². The van der Waals surface area contributed by atoms with Crippen molar-refractivity contribution < 1.29 is 24.2 Å². The molecule has 0 spiro atoms. The van der Waals surface area contributed by atoms with Crippen molar-refractivity contribution in [2.45, 2.75) is 37.5 Å². The average Bonchev–Trinajstić information content (AvgIpc) is 2.26. The molecule has 1 N–H and O–H groups in total. The summed E-state index contributed by atoms with van der Waals surface area (Å²) in [5.41, 5.74) is 7.42. The molecule has 0 radical (unpaired) electrons. The van der Waals surface area contributed by atoms with Crippen LogP contribution in [0.4, 0.5) is 0 Å². The van der Waals surface area contributed by atoms with Gasteiger partial charge in [0.2, 0.25) is 0 Å². The molecule has 0 aliphatic carbocycles. The third-order valence-corrected chi connectivity index (χ3v) is 3.37. The van der Waals surface area contributed by atoms with Crippen molar-refractivity contribution in [2.24, 2.45) is 5.11 Å². The van der Waals surface area contributed by atoms with E-state index in [1.165, 1.54) is 13.8 Å². The predicted molar refractivity (Wildman–Crippen MR) is 62.5 cm³/mol. The second-order valence-corrected chi connectivity index (χ2v) is 4.79. The largest absolute Gasteiger partial charge is 0.458 e. The van der Waals surface area contributed by atoms with Crippen molar-refractivity contribution in [3.05, 3.63) is 10.4 Å². The Balaban J connectivity index is 2.93. The molecule has 4 atom stereocenters. The lowest BCUT2D eigenvalue weighted by atomic mass is 10.1. The highest BCUT2D eigenvalue weighted by Crippen LogP contribution is 2.30. The van der Waals surface area contributed by atoms with Crippen LogP contribution in [0.5, 0.6) is 0 Å². The van der Waals surface area contributed by atoms with Crippen molar-refractivity contribution in [3.63, 3.8) is 0 Å². The quantitative estimate of drug-likeness (QED) is 0.348. The first-order chi connectivity index (χ1) is 8.45. The number of rotatable bonds is 3. The molecule has 1 aliphatic heterocycles. The summed E-state index contributed by atoms with van der Waals surface area (Å²) in [4.78, 5) is 24.6. The highest BCUT2D eigenvalue weighted by Gasteiger charge is 2.43. The molecule has 1 saturated heterocycles. The van der Waals surface area contributed by atoms with Gasteiger partial charge in [-0.1, -0.05) is 5.11 Å². The van der Waals surface area contributed by atoms with Gasteiger partial charge in [-0.2, -0.15) is 0 Å². The van der Waals surface area contributed by atoms with Crippen LogP contribution in [0.25, 0.3) is 10.4 Å². The fourth-order valence-electron chi connectivity index (χ4n) is 1.59. The summed E-state index contributed by atoms with van der Waals surface area (Å²) >= 11 is 1.07. The van der Waals surface area contributed by atoms with Crippen molar-refractivity contribution >= 4 is 23.7 Å². The molecule has 0 aromatic carbocycles. The van der Waals surface area contributed by atoms with Gasteiger partial charge in [0.15, 0.2) is 12.2 Å². The second kappa shape index (κ2) is 6.48. The van der Waals surface area contributed by atoms with Gasteiger partial charge < -0.3 is 14.6 Å². The number of azide groups is 1. The topological polar surface area (TPSA) is 122 Å². The van der Waals surface area contributed by atoms with Gasteiger partial charge in [0.25, 0.3) is 0 Å². The summed E-state index contributed by atoms with van der Waals surface area (Å²) in [7, 11) is 0. The van der Waals surface area contributed by atoms with Crippen LogP contribution < -0.4 is 0 Å². The van der Waals surface area contributed by atoms with Crippen LogP contribution in [0.15, 0.2) is 5.11 Å². The predicted octanol–water partition coefficient (Wildman–Crippen LogP) is 0.594. The number of hydrogen-bond acceptors (Lipinski definition) is 7. The second-order valence-electron chi connectivity index (χ2n) is 3.64. The van der Waals surface area contributed by atoms with E-state index in [1.54, 1.807) is 0 Å². The van der Waals surface area contributed by atoms with Crippen molar-refractivity contribution in [1.29, 1.82) is 0 Å². The molecule has 1 heterocycles. The highest BCUT2D eigenvalue weighted by atomic mass is 32.2. The van der Waals surface area contributed by atoms with Crippen LogP contribution in [0.2, 0.25) is 0 Å². The average molecular weight is 275 g/mol. The SMILES string of the molecule is CC(=O)O[C@H]1[C@H](N=[N+]=[N-])CSC(O)[C@@H]1OC(C)=O. The zero-order valence-electron chi connectivity index (χ0n) is 9.85. The van der Waals surface area contributed by atoms with Gasteiger partial charge in [-0.05, 0) is 5.53 Å². The molecule has 0 aromatic heterocycles. The molecule has 1 unspecified atom stereocenters. The van der Waals surface area contributed by atoms with Crippen LogP contribution in [0.1, 0.15) is 13.8 Å². The zero-order chi connectivity index (χ0) is 13.7. The van der Waals surface area contributed by atoms with Crippen molar-refractivity contribution in [1.82, 2.24) is 0 Å². The third kappa shape index (κ3) is 3.80. The first kappa shape index (κ1) is 14.6. The van der Waals surface area contributed by atoms with E-state index in [-0.39, 0.29) is 5.75 Å². The maximum atomic E-state index is 11.0. The van der Waals surface area contributed by atoms with Crippen LogP contribution in [0, 0.1) is 0 Å². The first-order valence-electron chi connectivity index (χ1n) is 5.14. The van der Waals surface area contributed by atoms with E-state index >= 15 is 0 Å². The number of nitrogens with zero attached hydrogens (tertiary/aromatic N) is 3. The number of thioether (sulfide) groups is 1. The molecule has 100 valence electrons. The zero-order valence-corrected chi connectivity index (χ0v) is 10.7. The summed E-state index contributed by atoms with van der Waals surface area (Å²) in [6, 6.07) is -0.684. The maximum absolute atomic E-state index is 11.0. The van der Waals surface area contributed by atoms with Gasteiger partial charge >= 0.3 is 11.9 Å². The normalized spacial score (nSPS) is 31.1. The molecule has 0 aromatic rings. The lowest BCUT2D eigenvalue weighted by molar-refractivity contribution is -0.172. The number of carbonyl (C=O) groups is 2. The molecular formula is C9H13N3O5S. The Morgan fingerprint density at radius 2 is 1.89 bits per heavy atom. The van der Waals surface area contributed by atoms with E-state index in [9.17, 15) is 14.7 Å². The molecular weight excluding hydrogens is 262 g/mol. The van der Waals surface area contributed by atoms with Crippen LogP contribution in [-0.4, -0.2) is 46.5 Å². The van der Waals surface area contributed by atoms with Gasteiger partial charge in [0.1, 0.15) is 5.44 Å². The number of aliphatic hydroxyl groups excluding tert-OH is 1. The lowest BCUT2D eigenvalue weighted by Gasteiger charge is -2.36. The van der Waals surface area contributed by atoms with E-state index in [1.807, 2.05) is 0 Å². The number of carbonyl (C=O) groups excluding carboxylic acids is 2. The summed E-state index contributed by atoms with van der Waals surface area (Å²) in [6.45, 7) is 2.37. The Morgan fingerprint density at radius 3 is 2.39 bits per heavy atom. The minimum absolute atomic E-state index is 0.279. The fourth-order valence-corrected chi connectivity index (χ4v) is 2.64. The van der Waals surface area contributed by atoms with Gasteiger partial charge in [-0.15, -0.1) is 11.8 Å². The molecule has 0 saturated carbocycles. The number of hydrogen-bond donors (Lipinski definition) is 1. The maximum Gasteiger partial charge on any atom is 0.303 e. The fraction of sp³-hybridized carbons (Fsp3) is 0.778. The van der Waals surface area contributed by atoms with E-state index in [0.717, 1.165) is 11.8 Å². The summed E-state index contributed by atoms with van der Waals surface area (Å²) in [6.07, 6.45) is -2.01. The van der Waals surface area contributed by atoms with E-state index in [4.69, 9.17) is 15.0 Å². The molecule has 9 heteroatoms. The minimum Gasteiger partial charge on any atom is -0.458 e. The van der Waals surface area contributed by atoms with Crippen molar-refractivity contribution in [3.8, 4) is 0 Å². The Labute approximate surface area is 107 Å². The molecule has 8 nitrogen and oxygen atoms in total. The lowest BCUT2D eigenvalue weighted by Crippen LogP contribution is -2.52. The van der Waals surface area contributed by atoms with Crippen LogP contribution >= 0.6 is 11.8 Å². The van der Waals surface area contributed by atoms with Crippen LogP contribution in [0.3, 0.4) is 0 Å². The number of ether oxygens (including phenoxy) is 2. The van der Waals surface area contributed by atoms with E-state index in [2.05, 4.69) is 10.0 Å². The van der Waals surface area contributed by atoms with E-state index < -0.39 is 35.6 Å². The molecule has 0 bridgehead atoms. The molecule has 1 aliphatic rings. The summed E-state index contributed by atoms with van der Waals surface area (Å²) in [5, 5.41) is 13.2. The first-order valence-corrected chi connectivity index (χ1v) is 6.19. The third-order valence-electron chi connectivity index (χ3n) is 2.23. The summed E-state index contributed by atoms with van der Waals surface area (Å²) in [5.74, 6) is -0.936. The van der Waals surface area contributed by atoms with Gasteiger partial charge in [0.05, 0.1) is 6.04 Å². The Morgan fingerprint density at radius 1 is 1.33 bits per heavy atom.